The summed E-state index contributed by atoms with van der Waals surface area (Å²) in [7, 11) is 0. The van der Waals surface area contributed by atoms with Gasteiger partial charge in [-0.05, 0) is 41.8 Å². The highest BCUT2D eigenvalue weighted by Crippen LogP contribution is 2.12. The molecule has 3 rings (SSSR count). The van der Waals surface area contributed by atoms with Gasteiger partial charge in [0.25, 0.3) is 5.91 Å². The Labute approximate surface area is 188 Å². The molecule has 0 bridgehead atoms. The molecule has 0 aliphatic rings. The number of rotatable bonds is 8. The molecular formula is C27H27N3O2. The molecule has 0 spiro atoms. The molecule has 32 heavy (non-hydrogen) atoms. The summed E-state index contributed by atoms with van der Waals surface area (Å²) in [5, 5.41) is 7.19. The van der Waals surface area contributed by atoms with Crippen molar-refractivity contribution in [2.45, 2.75) is 20.3 Å². The van der Waals surface area contributed by atoms with E-state index in [0.717, 1.165) is 11.1 Å². The van der Waals surface area contributed by atoms with E-state index >= 15 is 0 Å². The first kappa shape index (κ1) is 22.7. The third-order valence-corrected chi connectivity index (χ3v) is 4.61. The molecule has 0 saturated carbocycles. The van der Waals surface area contributed by atoms with Gasteiger partial charge in [0, 0.05) is 23.2 Å². The predicted molar refractivity (Wildman–Crippen MR) is 130 cm³/mol. The number of nitrogens with one attached hydrogen (secondary N) is 2. The van der Waals surface area contributed by atoms with Crippen molar-refractivity contribution in [3.63, 3.8) is 0 Å². The molecule has 0 aromatic heterocycles. The first-order chi connectivity index (χ1) is 15.5. The van der Waals surface area contributed by atoms with Crippen molar-refractivity contribution in [2.75, 3.05) is 5.32 Å². The maximum Gasteiger partial charge on any atom is 0.271 e. The van der Waals surface area contributed by atoms with Crippen molar-refractivity contribution in [3.8, 4) is 0 Å². The van der Waals surface area contributed by atoms with Crippen molar-refractivity contribution in [1.82, 2.24) is 5.43 Å². The van der Waals surface area contributed by atoms with Gasteiger partial charge in [0.15, 0.2) is 0 Å². The number of hydrogen-bond donors (Lipinski definition) is 2. The molecule has 2 N–H and O–H groups in total. The highest BCUT2D eigenvalue weighted by molar-refractivity contribution is 6.11. The van der Waals surface area contributed by atoms with Crippen molar-refractivity contribution < 1.29 is 9.59 Å². The summed E-state index contributed by atoms with van der Waals surface area (Å²) < 4.78 is 0. The van der Waals surface area contributed by atoms with E-state index in [4.69, 9.17) is 0 Å². The van der Waals surface area contributed by atoms with E-state index in [2.05, 4.69) is 15.8 Å². The molecule has 0 saturated heterocycles. The van der Waals surface area contributed by atoms with Crippen LogP contribution in [-0.2, 0) is 4.79 Å². The molecule has 0 atom stereocenters. The second-order valence-electron chi connectivity index (χ2n) is 7.77. The summed E-state index contributed by atoms with van der Waals surface area (Å²) in [5.74, 6) is -0.0845. The first-order valence-electron chi connectivity index (χ1n) is 10.6. The number of hydrogen-bond acceptors (Lipinski definition) is 3. The summed E-state index contributed by atoms with van der Waals surface area (Å²) >= 11 is 0. The number of amides is 2. The molecular weight excluding hydrogens is 398 g/mol. The average Bonchev–Trinajstić information content (AvgIpc) is 2.80. The zero-order valence-electron chi connectivity index (χ0n) is 18.3. The van der Waals surface area contributed by atoms with Crippen LogP contribution in [0.1, 0.15) is 41.8 Å². The summed E-state index contributed by atoms with van der Waals surface area (Å²) in [4.78, 5) is 24.5. The van der Waals surface area contributed by atoms with Gasteiger partial charge in [-0.3, -0.25) is 9.59 Å². The maximum absolute atomic E-state index is 12.6. The number of carbonyl (C=O) groups excluding carboxylic acids is 2. The lowest BCUT2D eigenvalue weighted by Crippen LogP contribution is -2.20. The number of anilines is 1. The lowest BCUT2D eigenvalue weighted by molar-refractivity contribution is -0.116. The highest BCUT2D eigenvalue weighted by atomic mass is 16.2. The molecule has 2 amide bonds. The van der Waals surface area contributed by atoms with E-state index in [1.807, 2.05) is 86.7 Å². The van der Waals surface area contributed by atoms with Gasteiger partial charge in [-0.15, -0.1) is 0 Å². The maximum atomic E-state index is 12.6. The monoisotopic (exact) mass is 425 g/mol. The van der Waals surface area contributed by atoms with Gasteiger partial charge < -0.3 is 5.32 Å². The molecule has 5 heteroatoms. The summed E-state index contributed by atoms with van der Waals surface area (Å²) in [6.07, 6.45) is 4.28. The second kappa shape index (κ2) is 11.4. The minimum absolute atomic E-state index is 0.0421. The molecule has 0 aliphatic heterocycles. The van der Waals surface area contributed by atoms with Gasteiger partial charge in [-0.1, -0.05) is 80.6 Å². The fourth-order valence-corrected chi connectivity index (χ4v) is 3.01. The SMILES string of the molecule is CC(C)CC(=O)Nc1ccc(C(=O)NN=C(/C=C/c2ccccc2)c2ccccc2)cc1. The van der Waals surface area contributed by atoms with Crippen LogP contribution in [-0.4, -0.2) is 17.5 Å². The van der Waals surface area contributed by atoms with Gasteiger partial charge in [0.05, 0.1) is 5.71 Å². The topological polar surface area (TPSA) is 70.6 Å². The number of allylic oxidation sites excluding steroid dienone is 1. The fraction of sp³-hybridized carbons (Fsp3) is 0.148. The Kier molecular flexibility index (Phi) is 8.09. The van der Waals surface area contributed by atoms with Crippen LogP contribution in [0.5, 0.6) is 0 Å². The Morgan fingerprint density at radius 1 is 0.844 bits per heavy atom. The van der Waals surface area contributed by atoms with Crippen molar-refractivity contribution >= 4 is 29.3 Å². The zero-order chi connectivity index (χ0) is 22.8. The van der Waals surface area contributed by atoms with E-state index in [1.54, 1.807) is 24.3 Å². The average molecular weight is 426 g/mol. The lowest BCUT2D eigenvalue weighted by Gasteiger charge is -2.08. The predicted octanol–water partition coefficient (Wildman–Crippen LogP) is 5.52. The second-order valence-corrected chi connectivity index (χ2v) is 7.77. The normalized spacial score (nSPS) is 11.5. The Balaban J connectivity index is 1.71. The van der Waals surface area contributed by atoms with E-state index in [1.165, 1.54) is 0 Å². The molecule has 0 radical (unpaired) electrons. The molecule has 0 aliphatic carbocycles. The van der Waals surface area contributed by atoms with Crippen LogP contribution in [0.2, 0.25) is 0 Å². The van der Waals surface area contributed by atoms with Gasteiger partial charge >= 0.3 is 0 Å². The first-order valence-corrected chi connectivity index (χ1v) is 10.6. The summed E-state index contributed by atoms with van der Waals surface area (Å²) in [6, 6.07) is 26.3. The van der Waals surface area contributed by atoms with Crippen molar-refractivity contribution in [2.24, 2.45) is 11.0 Å². The molecule has 162 valence electrons. The van der Waals surface area contributed by atoms with Crippen LogP contribution in [0, 0.1) is 5.92 Å². The van der Waals surface area contributed by atoms with Crippen molar-refractivity contribution in [3.05, 3.63) is 108 Å². The van der Waals surface area contributed by atoms with E-state index in [9.17, 15) is 9.59 Å². The third kappa shape index (κ3) is 7.06. The van der Waals surface area contributed by atoms with Crippen LogP contribution in [0.3, 0.4) is 0 Å². The van der Waals surface area contributed by atoms with Gasteiger partial charge in [0.1, 0.15) is 0 Å². The Morgan fingerprint density at radius 2 is 1.47 bits per heavy atom. The Hall–Kier alpha value is -3.99. The van der Waals surface area contributed by atoms with E-state index in [-0.39, 0.29) is 17.7 Å². The summed E-state index contributed by atoms with van der Waals surface area (Å²) in [6.45, 7) is 3.98. The fourth-order valence-electron chi connectivity index (χ4n) is 3.01. The number of benzene rings is 3. The Bertz CT molecular complexity index is 1090. The molecule has 0 heterocycles. The third-order valence-electron chi connectivity index (χ3n) is 4.61. The molecule has 0 fully saturated rings. The smallest absolute Gasteiger partial charge is 0.271 e. The zero-order valence-corrected chi connectivity index (χ0v) is 18.3. The number of nitrogens with zero attached hydrogens (tertiary/aromatic N) is 1. The van der Waals surface area contributed by atoms with E-state index in [0.29, 0.717) is 23.4 Å². The van der Waals surface area contributed by atoms with Gasteiger partial charge in [-0.2, -0.15) is 5.10 Å². The number of carbonyl (C=O) groups is 2. The minimum Gasteiger partial charge on any atom is -0.326 e. The molecule has 3 aromatic rings. The van der Waals surface area contributed by atoms with Crippen LogP contribution in [0.25, 0.3) is 6.08 Å². The summed E-state index contributed by atoms with van der Waals surface area (Å²) in [5.41, 5.74) is 6.31. The quantitative estimate of drug-likeness (QED) is 0.369. The van der Waals surface area contributed by atoms with Crippen LogP contribution >= 0.6 is 0 Å². The van der Waals surface area contributed by atoms with Crippen LogP contribution < -0.4 is 10.7 Å². The Morgan fingerprint density at radius 3 is 2.09 bits per heavy atom. The minimum atomic E-state index is -0.327. The standard InChI is InChI=1S/C27H27N3O2/c1-20(2)19-26(31)28-24-16-14-23(15-17-24)27(32)30-29-25(22-11-7-4-8-12-22)18-13-21-9-5-3-6-10-21/h3-18,20H,19H2,1-2H3,(H,28,31)(H,30,32)/b18-13+,29-25?. The highest BCUT2D eigenvalue weighted by Gasteiger charge is 2.08. The molecule has 0 unspecified atom stereocenters. The van der Waals surface area contributed by atoms with Gasteiger partial charge in [0.2, 0.25) is 5.91 Å². The van der Waals surface area contributed by atoms with Crippen LogP contribution in [0.15, 0.2) is 96.1 Å². The molecule has 3 aromatic carbocycles. The lowest BCUT2D eigenvalue weighted by atomic mass is 10.1. The van der Waals surface area contributed by atoms with Gasteiger partial charge in [-0.25, -0.2) is 5.43 Å². The largest absolute Gasteiger partial charge is 0.326 e. The van der Waals surface area contributed by atoms with Crippen LogP contribution in [0.4, 0.5) is 5.69 Å². The number of hydrazone groups is 1. The van der Waals surface area contributed by atoms with Crippen molar-refractivity contribution in [1.29, 1.82) is 0 Å². The molecule has 5 nitrogen and oxygen atoms in total. The van der Waals surface area contributed by atoms with E-state index < -0.39 is 0 Å².